The summed E-state index contributed by atoms with van der Waals surface area (Å²) in [6, 6.07) is 2.16. The first-order valence-electron chi connectivity index (χ1n) is 3.15. The Balaban J connectivity index is 3.44. The van der Waals surface area contributed by atoms with Crippen LogP contribution in [-0.4, -0.2) is 4.98 Å². The SMILES string of the molecule is N#Cc1c[nH]c(=S)cc1C(F)(F)F. The first-order chi connectivity index (χ1) is 5.95. The number of hydrogen-bond acceptors (Lipinski definition) is 2. The third kappa shape index (κ3) is 2.06. The van der Waals surface area contributed by atoms with Crippen LogP contribution in [0.15, 0.2) is 12.3 Å². The number of H-pyrrole nitrogens is 1. The fourth-order valence-corrected chi connectivity index (χ4v) is 0.975. The molecule has 0 atom stereocenters. The zero-order valence-electron chi connectivity index (χ0n) is 6.14. The number of nitrogens with zero attached hydrogens (tertiary/aromatic N) is 1. The van der Waals surface area contributed by atoms with Crippen molar-refractivity contribution in [1.29, 1.82) is 5.26 Å². The number of aromatic amines is 1. The maximum absolute atomic E-state index is 12.2. The van der Waals surface area contributed by atoms with E-state index in [0.717, 1.165) is 12.3 Å². The van der Waals surface area contributed by atoms with Crippen LogP contribution in [0.3, 0.4) is 0 Å². The van der Waals surface area contributed by atoms with Gasteiger partial charge in [0.25, 0.3) is 0 Å². The predicted octanol–water partition coefficient (Wildman–Crippen LogP) is 2.63. The summed E-state index contributed by atoms with van der Waals surface area (Å²) >= 11 is 4.51. The quantitative estimate of drug-likeness (QED) is 0.660. The number of aromatic nitrogens is 1. The topological polar surface area (TPSA) is 39.6 Å². The second-order valence-electron chi connectivity index (χ2n) is 2.23. The van der Waals surface area contributed by atoms with Crippen molar-refractivity contribution in [3.05, 3.63) is 28.0 Å². The molecule has 0 aliphatic heterocycles. The predicted molar refractivity (Wildman–Crippen MR) is 41.3 cm³/mol. The largest absolute Gasteiger partial charge is 0.417 e. The van der Waals surface area contributed by atoms with Crippen molar-refractivity contribution in [2.45, 2.75) is 6.18 Å². The molecular formula is C7H3F3N2S. The van der Waals surface area contributed by atoms with E-state index < -0.39 is 17.3 Å². The molecule has 6 heteroatoms. The van der Waals surface area contributed by atoms with Gasteiger partial charge in [-0.3, -0.25) is 0 Å². The minimum absolute atomic E-state index is 0.0497. The van der Waals surface area contributed by atoms with Crippen molar-refractivity contribution < 1.29 is 13.2 Å². The first kappa shape index (κ1) is 9.74. The summed E-state index contributed by atoms with van der Waals surface area (Å²) < 4.78 is 36.6. The maximum Gasteiger partial charge on any atom is 0.417 e. The highest BCUT2D eigenvalue weighted by molar-refractivity contribution is 7.71. The summed E-state index contributed by atoms with van der Waals surface area (Å²) in [6.45, 7) is 0. The van der Waals surface area contributed by atoms with Crippen molar-refractivity contribution in [3.63, 3.8) is 0 Å². The Labute approximate surface area is 76.6 Å². The van der Waals surface area contributed by atoms with Crippen molar-refractivity contribution in [1.82, 2.24) is 4.98 Å². The Morgan fingerprint density at radius 2 is 2.08 bits per heavy atom. The average Bonchev–Trinajstić information content (AvgIpc) is 2.03. The molecule has 0 spiro atoms. The molecule has 0 aromatic carbocycles. The number of halogens is 3. The van der Waals surface area contributed by atoms with E-state index >= 15 is 0 Å². The normalized spacial score (nSPS) is 10.9. The summed E-state index contributed by atoms with van der Waals surface area (Å²) in [4.78, 5) is 2.36. The highest BCUT2D eigenvalue weighted by Crippen LogP contribution is 2.31. The van der Waals surface area contributed by atoms with E-state index in [0.29, 0.717) is 0 Å². The molecule has 1 aromatic heterocycles. The summed E-state index contributed by atoms with van der Waals surface area (Å²) in [5, 5.41) is 8.37. The van der Waals surface area contributed by atoms with Crippen LogP contribution in [0.25, 0.3) is 0 Å². The van der Waals surface area contributed by atoms with Gasteiger partial charge in [-0.2, -0.15) is 18.4 Å². The lowest BCUT2D eigenvalue weighted by Gasteiger charge is -2.07. The first-order valence-corrected chi connectivity index (χ1v) is 3.56. The van der Waals surface area contributed by atoms with Crippen LogP contribution in [-0.2, 0) is 6.18 Å². The highest BCUT2D eigenvalue weighted by atomic mass is 32.1. The van der Waals surface area contributed by atoms with Gasteiger partial charge in [0.15, 0.2) is 0 Å². The molecule has 1 heterocycles. The number of hydrogen-bond donors (Lipinski definition) is 1. The molecule has 2 nitrogen and oxygen atoms in total. The molecule has 0 amide bonds. The van der Waals surface area contributed by atoms with Crippen LogP contribution in [0.4, 0.5) is 13.2 Å². The number of pyridine rings is 1. The molecule has 0 aliphatic carbocycles. The summed E-state index contributed by atoms with van der Waals surface area (Å²) in [7, 11) is 0. The molecule has 0 fully saturated rings. The molecule has 0 saturated heterocycles. The van der Waals surface area contributed by atoms with Gasteiger partial charge < -0.3 is 4.98 Å². The van der Waals surface area contributed by atoms with Crippen molar-refractivity contribution in [2.24, 2.45) is 0 Å². The molecule has 13 heavy (non-hydrogen) atoms. The fraction of sp³-hybridized carbons (Fsp3) is 0.143. The van der Waals surface area contributed by atoms with Gasteiger partial charge in [-0.1, -0.05) is 12.2 Å². The number of nitriles is 1. The minimum Gasteiger partial charge on any atom is -0.352 e. The summed E-state index contributed by atoms with van der Waals surface area (Å²) in [6.07, 6.45) is -3.58. The van der Waals surface area contributed by atoms with Gasteiger partial charge in [-0.05, 0) is 6.07 Å². The van der Waals surface area contributed by atoms with E-state index in [1.165, 1.54) is 6.07 Å². The van der Waals surface area contributed by atoms with Gasteiger partial charge in [0.05, 0.1) is 11.1 Å². The lowest BCUT2D eigenvalue weighted by Crippen LogP contribution is -2.08. The maximum atomic E-state index is 12.2. The lowest BCUT2D eigenvalue weighted by atomic mass is 10.1. The Hall–Kier alpha value is -1.35. The second-order valence-corrected chi connectivity index (χ2v) is 2.67. The van der Waals surface area contributed by atoms with Crippen LogP contribution >= 0.6 is 12.2 Å². The van der Waals surface area contributed by atoms with Crippen molar-refractivity contribution in [2.75, 3.05) is 0 Å². The van der Waals surface area contributed by atoms with Crippen LogP contribution in [0, 0.1) is 16.0 Å². The molecular weight excluding hydrogens is 201 g/mol. The smallest absolute Gasteiger partial charge is 0.352 e. The Morgan fingerprint density at radius 1 is 1.46 bits per heavy atom. The summed E-state index contributed by atoms with van der Waals surface area (Å²) in [5.41, 5.74) is -1.46. The van der Waals surface area contributed by atoms with Crippen LogP contribution in [0.2, 0.25) is 0 Å². The summed E-state index contributed by atoms with van der Waals surface area (Å²) in [5.74, 6) is 0. The minimum atomic E-state index is -4.53. The average molecular weight is 204 g/mol. The molecule has 1 rings (SSSR count). The van der Waals surface area contributed by atoms with E-state index in [1.807, 2.05) is 0 Å². The van der Waals surface area contributed by atoms with Crippen LogP contribution < -0.4 is 0 Å². The standard InChI is InChI=1S/C7H3F3N2S/c8-7(9,10)5-1-6(13)12-3-4(5)2-11/h1,3H,(H,12,13). The zero-order chi connectivity index (χ0) is 10.1. The molecule has 0 radical (unpaired) electrons. The molecule has 1 aromatic rings. The lowest BCUT2D eigenvalue weighted by molar-refractivity contribution is -0.137. The van der Waals surface area contributed by atoms with Gasteiger partial charge in [-0.15, -0.1) is 0 Å². The molecule has 0 unspecified atom stereocenters. The van der Waals surface area contributed by atoms with Gasteiger partial charge in [0.1, 0.15) is 10.7 Å². The Bertz CT molecular complexity index is 413. The highest BCUT2D eigenvalue weighted by Gasteiger charge is 2.33. The number of alkyl halides is 3. The van der Waals surface area contributed by atoms with Crippen LogP contribution in [0.1, 0.15) is 11.1 Å². The molecule has 0 aliphatic rings. The van der Waals surface area contributed by atoms with Crippen molar-refractivity contribution >= 4 is 12.2 Å². The second kappa shape index (κ2) is 3.18. The van der Waals surface area contributed by atoms with Crippen molar-refractivity contribution in [3.8, 4) is 6.07 Å². The van der Waals surface area contributed by atoms with Gasteiger partial charge in [0, 0.05) is 6.20 Å². The Kier molecular flexibility index (Phi) is 2.38. The van der Waals surface area contributed by atoms with E-state index in [2.05, 4.69) is 17.2 Å². The van der Waals surface area contributed by atoms with E-state index in [1.54, 1.807) is 0 Å². The number of nitrogens with one attached hydrogen (secondary N) is 1. The Morgan fingerprint density at radius 3 is 2.54 bits per heavy atom. The van der Waals surface area contributed by atoms with Gasteiger partial charge in [-0.25, -0.2) is 0 Å². The third-order valence-corrected chi connectivity index (χ3v) is 1.59. The van der Waals surface area contributed by atoms with E-state index in [9.17, 15) is 13.2 Å². The van der Waals surface area contributed by atoms with Crippen LogP contribution in [0.5, 0.6) is 0 Å². The molecule has 0 bridgehead atoms. The third-order valence-electron chi connectivity index (χ3n) is 1.35. The molecule has 0 saturated carbocycles. The molecule has 68 valence electrons. The number of rotatable bonds is 0. The van der Waals surface area contributed by atoms with E-state index in [-0.39, 0.29) is 4.64 Å². The van der Waals surface area contributed by atoms with Gasteiger partial charge in [0.2, 0.25) is 0 Å². The van der Waals surface area contributed by atoms with E-state index in [4.69, 9.17) is 5.26 Å². The monoisotopic (exact) mass is 204 g/mol. The molecule has 1 N–H and O–H groups in total. The fourth-order valence-electron chi connectivity index (χ4n) is 0.799. The van der Waals surface area contributed by atoms with Gasteiger partial charge >= 0.3 is 6.18 Å². The zero-order valence-corrected chi connectivity index (χ0v) is 6.96.